The van der Waals surface area contributed by atoms with E-state index in [-0.39, 0.29) is 11.4 Å². The SMILES string of the molecule is Cc1cccc(NC(=O)CN2C(=O)S/C(=C/c3ccccc3OCC(C)C)C2=O)c1. The molecule has 3 amide bonds. The highest BCUT2D eigenvalue weighted by Gasteiger charge is 2.36. The number of hydrogen-bond acceptors (Lipinski definition) is 5. The van der Waals surface area contributed by atoms with Crippen molar-refractivity contribution in [3.05, 3.63) is 64.6 Å². The molecule has 1 aliphatic rings. The average molecular weight is 425 g/mol. The molecule has 1 saturated heterocycles. The monoisotopic (exact) mass is 424 g/mol. The van der Waals surface area contributed by atoms with Crippen molar-refractivity contribution in [3.63, 3.8) is 0 Å². The van der Waals surface area contributed by atoms with E-state index in [1.807, 2.05) is 49.4 Å². The lowest BCUT2D eigenvalue weighted by Crippen LogP contribution is -2.36. The zero-order chi connectivity index (χ0) is 21.7. The third-order valence-electron chi connectivity index (χ3n) is 4.25. The molecule has 0 radical (unpaired) electrons. The van der Waals surface area contributed by atoms with Gasteiger partial charge >= 0.3 is 0 Å². The van der Waals surface area contributed by atoms with Crippen molar-refractivity contribution in [2.45, 2.75) is 20.8 Å². The predicted molar refractivity (Wildman–Crippen MR) is 119 cm³/mol. The van der Waals surface area contributed by atoms with Crippen LogP contribution in [-0.2, 0) is 9.59 Å². The molecule has 0 aromatic heterocycles. The lowest BCUT2D eigenvalue weighted by molar-refractivity contribution is -0.127. The van der Waals surface area contributed by atoms with Gasteiger partial charge in [-0.15, -0.1) is 0 Å². The summed E-state index contributed by atoms with van der Waals surface area (Å²) in [5.74, 6) is 0.0974. The van der Waals surface area contributed by atoms with Crippen LogP contribution in [0.3, 0.4) is 0 Å². The van der Waals surface area contributed by atoms with Crippen molar-refractivity contribution in [2.75, 3.05) is 18.5 Å². The number of para-hydroxylation sites is 1. The van der Waals surface area contributed by atoms with Gasteiger partial charge in [-0.3, -0.25) is 19.3 Å². The minimum Gasteiger partial charge on any atom is -0.493 e. The summed E-state index contributed by atoms with van der Waals surface area (Å²) in [4.78, 5) is 38.6. The largest absolute Gasteiger partial charge is 0.493 e. The van der Waals surface area contributed by atoms with E-state index in [1.54, 1.807) is 12.1 Å². The quantitative estimate of drug-likeness (QED) is 0.652. The Kier molecular flexibility index (Phi) is 6.95. The number of ether oxygens (including phenoxy) is 1. The molecule has 156 valence electrons. The number of carbonyl (C=O) groups is 3. The molecular weight excluding hydrogens is 400 g/mol. The van der Waals surface area contributed by atoms with Gasteiger partial charge in [-0.1, -0.05) is 44.2 Å². The van der Waals surface area contributed by atoms with Crippen LogP contribution in [0.5, 0.6) is 5.75 Å². The van der Waals surface area contributed by atoms with Crippen molar-refractivity contribution < 1.29 is 19.1 Å². The van der Waals surface area contributed by atoms with Crippen molar-refractivity contribution in [1.29, 1.82) is 0 Å². The summed E-state index contributed by atoms with van der Waals surface area (Å²) in [7, 11) is 0. The molecular formula is C23H24N2O4S. The number of aryl methyl sites for hydroxylation is 1. The molecule has 0 aliphatic carbocycles. The molecule has 1 N–H and O–H groups in total. The number of nitrogens with one attached hydrogen (secondary N) is 1. The van der Waals surface area contributed by atoms with Crippen LogP contribution in [0, 0.1) is 12.8 Å². The maximum Gasteiger partial charge on any atom is 0.294 e. The highest BCUT2D eigenvalue weighted by Crippen LogP contribution is 2.34. The van der Waals surface area contributed by atoms with Crippen LogP contribution < -0.4 is 10.1 Å². The van der Waals surface area contributed by atoms with Crippen molar-refractivity contribution in [2.24, 2.45) is 5.92 Å². The van der Waals surface area contributed by atoms with Gasteiger partial charge in [-0.2, -0.15) is 0 Å². The molecule has 2 aromatic carbocycles. The maximum absolute atomic E-state index is 12.7. The summed E-state index contributed by atoms with van der Waals surface area (Å²) < 4.78 is 5.81. The molecule has 0 atom stereocenters. The number of imide groups is 1. The molecule has 1 fully saturated rings. The van der Waals surface area contributed by atoms with E-state index in [1.165, 1.54) is 0 Å². The third-order valence-corrected chi connectivity index (χ3v) is 5.16. The van der Waals surface area contributed by atoms with Gasteiger partial charge in [0.15, 0.2) is 0 Å². The summed E-state index contributed by atoms with van der Waals surface area (Å²) in [5.41, 5.74) is 2.34. The van der Waals surface area contributed by atoms with E-state index in [4.69, 9.17) is 4.74 Å². The van der Waals surface area contributed by atoms with E-state index in [9.17, 15) is 14.4 Å². The second-order valence-electron chi connectivity index (χ2n) is 7.43. The zero-order valence-electron chi connectivity index (χ0n) is 17.2. The first-order valence-corrected chi connectivity index (χ1v) is 10.5. The molecule has 0 spiro atoms. The Balaban J connectivity index is 1.71. The minimum absolute atomic E-state index is 0.268. The fraction of sp³-hybridized carbons (Fsp3) is 0.261. The number of benzene rings is 2. The number of anilines is 1. The number of nitrogens with zero attached hydrogens (tertiary/aromatic N) is 1. The maximum atomic E-state index is 12.7. The number of rotatable bonds is 7. The smallest absolute Gasteiger partial charge is 0.294 e. The highest BCUT2D eigenvalue weighted by molar-refractivity contribution is 8.18. The minimum atomic E-state index is -0.483. The molecule has 0 unspecified atom stereocenters. The van der Waals surface area contributed by atoms with Crippen molar-refractivity contribution in [3.8, 4) is 5.75 Å². The average Bonchev–Trinajstić information content (AvgIpc) is 2.94. The standard InChI is InChI=1S/C23H24N2O4S/c1-15(2)14-29-19-10-5-4-8-17(19)12-20-22(27)25(23(28)30-20)13-21(26)24-18-9-6-7-16(3)11-18/h4-12,15H,13-14H2,1-3H3,(H,24,26)/b20-12+. The third kappa shape index (κ3) is 5.51. The van der Waals surface area contributed by atoms with Gasteiger partial charge in [0.25, 0.3) is 11.1 Å². The van der Waals surface area contributed by atoms with Gasteiger partial charge in [0.2, 0.25) is 5.91 Å². The lowest BCUT2D eigenvalue weighted by atomic mass is 10.1. The molecule has 1 aliphatic heterocycles. The van der Waals surface area contributed by atoms with E-state index in [2.05, 4.69) is 19.2 Å². The van der Waals surface area contributed by atoms with E-state index in [0.717, 1.165) is 22.2 Å². The van der Waals surface area contributed by atoms with Gasteiger partial charge < -0.3 is 10.1 Å². The summed E-state index contributed by atoms with van der Waals surface area (Å²) >= 11 is 0.823. The molecule has 6 nitrogen and oxygen atoms in total. The Morgan fingerprint density at radius 2 is 1.93 bits per heavy atom. The summed E-state index contributed by atoms with van der Waals surface area (Å²) in [6.45, 7) is 6.23. The van der Waals surface area contributed by atoms with Gasteiger partial charge in [0.1, 0.15) is 12.3 Å². The van der Waals surface area contributed by atoms with Crippen LogP contribution in [-0.4, -0.2) is 35.1 Å². The summed E-state index contributed by atoms with van der Waals surface area (Å²) in [5, 5.41) is 2.25. The Hall–Kier alpha value is -3.06. The number of amides is 3. The Labute approximate surface area is 180 Å². The number of thioether (sulfide) groups is 1. The molecule has 2 aromatic rings. The van der Waals surface area contributed by atoms with Gasteiger partial charge in [0.05, 0.1) is 11.5 Å². The lowest BCUT2D eigenvalue weighted by Gasteiger charge is -2.13. The van der Waals surface area contributed by atoms with Crippen molar-refractivity contribution >= 4 is 40.6 Å². The molecule has 30 heavy (non-hydrogen) atoms. The summed E-state index contributed by atoms with van der Waals surface area (Å²) in [6.07, 6.45) is 1.64. The predicted octanol–water partition coefficient (Wildman–Crippen LogP) is 4.70. The fourth-order valence-electron chi connectivity index (χ4n) is 2.83. The van der Waals surface area contributed by atoms with E-state index >= 15 is 0 Å². The van der Waals surface area contributed by atoms with Crippen LogP contribution in [0.2, 0.25) is 0 Å². The fourth-order valence-corrected chi connectivity index (χ4v) is 3.66. The van der Waals surface area contributed by atoms with Crippen LogP contribution in [0.15, 0.2) is 53.4 Å². The first-order valence-electron chi connectivity index (χ1n) is 9.67. The second-order valence-corrected chi connectivity index (χ2v) is 8.42. The Bertz CT molecular complexity index is 1000. The van der Waals surface area contributed by atoms with E-state index < -0.39 is 17.1 Å². The zero-order valence-corrected chi connectivity index (χ0v) is 18.0. The molecule has 0 bridgehead atoms. The van der Waals surface area contributed by atoms with E-state index in [0.29, 0.717) is 29.5 Å². The van der Waals surface area contributed by atoms with Gasteiger partial charge in [-0.05, 0) is 54.4 Å². The first kappa shape index (κ1) is 21.6. The molecule has 3 rings (SSSR count). The number of hydrogen-bond donors (Lipinski definition) is 1. The first-order chi connectivity index (χ1) is 14.3. The molecule has 1 heterocycles. The van der Waals surface area contributed by atoms with Crippen LogP contribution in [0.4, 0.5) is 10.5 Å². The van der Waals surface area contributed by atoms with Gasteiger partial charge in [-0.25, -0.2) is 0 Å². The van der Waals surface area contributed by atoms with Crippen LogP contribution in [0.1, 0.15) is 25.0 Å². The Morgan fingerprint density at radius 3 is 2.67 bits per heavy atom. The normalized spacial score (nSPS) is 15.2. The second kappa shape index (κ2) is 9.63. The molecule has 7 heteroatoms. The Morgan fingerprint density at radius 1 is 1.17 bits per heavy atom. The van der Waals surface area contributed by atoms with Crippen molar-refractivity contribution in [1.82, 2.24) is 4.90 Å². The molecule has 0 saturated carbocycles. The summed E-state index contributed by atoms with van der Waals surface area (Å²) in [6, 6.07) is 14.7. The number of carbonyl (C=O) groups excluding carboxylic acids is 3. The topological polar surface area (TPSA) is 75.7 Å². The van der Waals surface area contributed by atoms with Crippen LogP contribution in [0.25, 0.3) is 6.08 Å². The van der Waals surface area contributed by atoms with Gasteiger partial charge in [0, 0.05) is 11.3 Å². The highest BCUT2D eigenvalue weighted by atomic mass is 32.2. The van der Waals surface area contributed by atoms with Crippen LogP contribution >= 0.6 is 11.8 Å².